The molecule has 0 fully saturated rings. The summed E-state index contributed by atoms with van der Waals surface area (Å²) in [6.45, 7) is 3.27. The molecule has 0 saturated carbocycles. The smallest absolute Gasteiger partial charge is 0.0726 e. The van der Waals surface area contributed by atoms with Gasteiger partial charge in [0.15, 0.2) is 0 Å². The Morgan fingerprint density at radius 1 is 1.46 bits per heavy atom. The standard InChI is InChI=1S/C9H17N3.ClH/c1-3-4-5-6-10-9-7-11-12(2)8-9;/h7-8,10H,3-6H2,1-2H3;1H. The van der Waals surface area contributed by atoms with Crippen LogP contribution in [0.5, 0.6) is 0 Å². The number of nitrogens with one attached hydrogen (secondary N) is 1. The fraction of sp³-hybridized carbons (Fsp3) is 0.667. The van der Waals surface area contributed by atoms with Crippen LogP contribution in [0, 0.1) is 0 Å². The minimum Gasteiger partial charge on any atom is -0.383 e. The predicted molar refractivity (Wildman–Crippen MR) is 58.5 cm³/mol. The molecule has 0 aliphatic carbocycles. The van der Waals surface area contributed by atoms with Gasteiger partial charge >= 0.3 is 0 Å². The highest BCUT2D eigenvalue weighted by molar-refractivity contribution is 5.85. The van der Waals surface area contributed by atoms with E-state index >= 15 is 0 Å². The van der Waals surface area contributed by atoms with Crippen LogP contribution < -0.4 is 5.32 Å². The van der Waals surface area contributed by atoms with Crippen LogP contribution >= 0.6 is 12.4 Å². The van der Waals surface area contributed by atoms with E-state index in [9.17, 15) is 0 Å². The lowest BCUT2D eigenvalue weighted by molar-refractivity contribution is 0.743. The van der Waals surface area contributed by atoms with E-state index in [0.717, 1.165) is 12.2 Å². The Hall–Kier alpha value is -0.700. The molecular formula is C9H18ClN3. The highest BCUT2D eigenvalue weighted by Crippen LogP contribution is 2.03. The summed E-state index contributed by atoms with van der Waals surface area (Å²) in [4.78, 5) is 0. The summed E-state index contributed by atoms with van der Waals surface area (Å²) >= 11 is 0. The molecule has 0 radical (unpaired) electrons. The molecule has 0 unspecified atom stereocenters. The molecule has 76 valence electrons. The van der Waals surface area contributed by atoms with Crippen molar-refractivity contribution in [3.8, 4) is 0 Å². The van der Waals surface area contributed by atoms with Crippen LogP contribution in [-0.4, -0.2) is 16.3 Å². The number of anilines is 1. The van der Waals surface area contributed by atoms with Gasteiger partial charge in [-0.25, -0.2) is 0 Å². The maximum atomic E-state index is 4.07. The van der Waals surface area contributed by atoms with Crippen LogP contribution in [0.15, 0.2) is 12.4 Å². The maximum absolute atomic E-state index is 4.07. The van der Waals surface area contributed by atoms with Gasteiger partial charge in [-0.15, -0.1) is 12.4 Å². The van der Waals surface area contributed by atoms with Crippen molar-refractivity contribution in [3.05, 3.63) is 12.4 Å². The van der Waals surface area contributed by atoms with Gasteiger partial charge in [-0.05, 0) is 6.42 Å². The third-order valence-corrected chi connectivity index (χ3v) is 1.81. The van der Waals surface area contributed by atoms with Crippen molar-refractivity contribution < 1.29 is 0 Å². The highest BCUT2D eigenvalue weighted by atomic mass is 35.5. The topological polar surface area (TPSA) is 29.9 Å². The quantitative estimate of drug-likeness (QED) is 0.746. The van der Waals surface area contributed by atoms with Crippen LogP contribution in [0.3, 0.4) is 0 Å². The lowest BCUT2D eigenvalue weighted by atomic mass is 10.2. The van der Waals surface area contributed by atoms with E-state index in [0.29, 0.717) is 0 Å². The summed E-state index contributed by atoms with van der Waals surface area (Å²) in [5.41, 5.74) is 1.12. The zero-order valence-corrected chi connectivity index (χ0v) is 9.10. The summed E-state index contributed by atoms with van der Waals surface area (Å²) in [6, 6.07) is 0. The summed E-state index contributed by atoms with van der Waals surface area (Å²) in [6.07, 6.45) is 7.66. The first-order valence-corrected chi connectivity index (χ1v) is 4.55. The van der Waals surface area contributed by atoms with Crippen molar-refractivity contribution in [2.75, 3.05) is 11.9 Å². The summed E-state index contributed by atoms with van der Waals surface area (Å²) < 4.78 is 1.81. The Balaban J connectivity index is 0.00000144. The number of halogens is 1. The molecule has 0 bridgehead atoms. The van der Waals surface area contributed by atoms with E-state index < -0.39 is 0 Å². The van der Waals surface area contributed by atoms with Crippen LogP contribution in [0.1, 0.15) is 26.2 Å². The number of rotatable bonds is 5. The molecule has 4 heteroatoms. The minimum absolute atomic E-state index is 0. The SMILES string of the molecule is CCCCCNc1cnn(C)c1.Cl. The lowest BCUT2D eigenvalue weighted by Gasteiger charge is -2.00. The van der Waals surface area contributed by atoms with E-state index in [-0.39, 0.29) is 12.4 Å². The van der Waals surface area contributed by atoms with Gasteiger partial charge in [0.25, 0.3) is 0 Å². The third kappa shape index (κ3) is 4.78. The van der Waals surface area contributed by atoms with Gasteiger partial charge in [0.1, 0.15) is 0 Å². The Bertz CT molecular complexity index is 222. The molecule has 1 aromatic rings. The molecular weight excluding hydrogens is 186 g/mol. The highest BCUT2D eigenvalue weighted by Gasteiger charge is 1.92. The molecule has 1 rings (SSSR count). The number of hydrogen-bond acceptors (Lipinski definition) is 2. The zero-order valence-electron chi connectivity index (χ0n) is 8.29. The van der Waals surface area contributed by atoms with Crippen molar-refractivity contribution in [2.45, 2.75) is 26.2 Å². The monoisotopic (exact) mass is 203 g/mol. The molecule has 0 aliphatic rings. The summed E-state index contributed by atoms with van der Waals surface area (Å²) in [5, 5.41) is 7.39. The van der Waals surface area contributed by atoms with Crippen LogP contribution in [-0.2, 0) is 7.05 Å². The minimum atomic E-state index is 0. The Morgan fingerprint density at radius 3 is 2.77 bits per heavy atom. The number of hydrogen-bond donors (Lipinski definition) is 1. The summed E-state index contributed by atoms with van der Waals surface area (Å²) in [7, 11) is 1.93. The Morgan fingerprint density at radius 2 is 2.23 bits per heavy atom. The Labute approximate surface area is 85.9 Å². The van der Waals surface area contributed by atoms with Gasteiger partial charge in [-0.2, -0.15) is 5.10 Å². The van der Waals surface area contributed by atoms with E-state index in [1.54, 1.807) is 0 Å². The number of aromatic nitrogens is 2. The van der Waals surface area contributed by atoms with E-state index in [4.69, 9.17) is 0 Å². The maximum Gasteiger partial charge on any atom is 0.0726 e. The average molecular weight is 204 g/mol. The van der Waals surface area contributed by atoms with Crippen LogP contribution in [0.4, 0.5) is 5.69 Å². The molecule has 3 nitrogen and oxygen atoms in total. The van der Waals surface area contributed by atoms with Crippen molar-refractivity contribution in [1.82, 2.24) is 9.78 Å². The van der Waals surface area contributed by atoms with E-state index in [1.165, 1.54) is 19.3 Å². The molecule has 1 heterocycles. The van der Waals surface area contributed by atoms with Gasteiger partial charge in [-0.3, -0.25) is 4.68 Å². The molecule has 0 aromatic carbocycles. The average Bonchev–Trinajstić information content (AvgIpc) is 2.45. The van der Waals surface area contributed by atoms with E-state index in [2.05, 4.69) is 17.3 Å². The molecule has 0 saturated heterocycles. The second kappa shape index (κ2) is 6.78. The van der Waals surface area contributed by atoms with Crippen molar-refractivity contribution in [3.63, 3.8) is 0 Å². The fourth-order valence-electron chi connectivity index (χ4n) is 1.12. The lowest BCUT2D eigenvalue weighted by Crippen LogP contribution is -1.99. The number of unbranched alkanes of at least 4 members (excludes halogenated alkanes) is 2. The van der Waals surface area contributed by atoms with Gasteiger partial charge in [0.2, 0.25) is 0 Å². The molecule has 1 aromatic heterocycles. The first-order valence-electron chi connectivity index (χ1n) is 4.55. The van der Waals surface area contributed by atoms with Crippen LogP contribution in [0.2, 0.25) is 0 Å². The second-order valence-electron chi connectivity index (χ2n) is 3.04. The Kier molecular flexibility index (Phi) is 6.41. The first-order chi connectivity index (χ1) is 5.83. The van der Waals surface area contributed by atoms with Crippen molar-refractivity contribution in [1.29, 1.82) is 0 Å². The van der Waals surface area contributed by atoms with Gasteiger partial charge in [0.05, 0.1) is 11.9 Å². The van der Waals surface area contributed by atoms with E-state index in [1.807, 2.05) is 24.1 Å². The normalized spacial score (nSPS) is 9.38. The van der Waals surface area contributed by atoms with Crippen molar-refractivity contribution in [2.24, 2.45) is 7.05 Å². The van der Waals surface area contributed by atoms with Crippen molar-refractivity contribution >= 4 is 18.1 Å². The zero-order chi connectivity index (χ0) is 8.81. The molecule has 1 N–H and O–H groups in total. The third-order valence-electron chi connectivity index (χ3n) is 1.81. The van der Waals surface area contributed by atoms with Gasteiger partial charge in [0, 0.05) is 19.8 Å². The molecule has 0 atom stereocenters. The van der Waals surface area contributed by atoms with Gasteiger partial charge in [-0.1, -0.05) is 19.8 Å². The second-order valence-corrected chi connectivity index (χ2v) is 3.04. The largest absolute Gasteiger partial charge is 0.383 e. The molecule has 13 heavy (non-hydrogen) atoms. The van der Waals surface area contributed by atoms with Crippen LogP contribution in [0.25, 0.3) is 0 Å². The molecule has 0 aliphatic heterocycles. The fourth-order valence-corrected chi connectivity index (χ4v) is 1.12. The first kappa shape index (κ1) is 12.3. The summed E-state index contributed by atoms with van der Waals surface area (Å²) in [5.74, 6) is 0. The van der Waals surface area contributed by atoms with Gasteiger partial charge < -0.3 is 5.32 Å². The molecule has 0 amide bonds. The number of nitrogens with zero attached hydrogens (tertiary/aromatic N) is 2. The number of aryl methyl sites for hydroxylation is 1. The predicted octanol–water partition coefficient (Wildman–Crippen LogP) is 2.44. The molecule has 0 spiro atoms.